The van der Waals surface area contributed by atoms with E-state index in [1.54, 1.807) is 6.07 Å². The number of benzene rings is 1. The highest BCUT2D eigenvalue weighted by Gasteiger charge is 2.18. The van der Waals surface area contributed by atoms with E-state index in [1.165, 1.54) is 32.4 Å². The molecule has 0 unspecified atom stereocenters. The van der Waals surface area contributed by atoms with Crippen molar-refractivity contribution in [2.75, 3.05) is 57.3 Å². The van der Waals surface area contributed by atoms with Crippen LogP contribution in [0.3, 0.4) is 0 Å². The minimum absolute atomic E-state index is 0.301. The molecule has 6 heteroatoms. The maximum atomic E-state index is 12.2. The van der Waals surface area contributed by atoms with E-state index in [4.69, 9.17) is 9.15 Å². The summed E-state index contributed by atoms with van der Waals surface area (Å²) in [4.78, 5) is 16.9. The van der Waals surface area contributed by atoms with Gasteiger partial charge in [-0.25, -0.2) is 4.79 Å². The Morgan fingerprint density at radius 3 is 2.67 bits per heavy atom. The Morgan fingerprint density at radius 2 is 1.89 bits per heavy atom. The summed E-state index contributed by atoms with van der Waals surface area (Å²) >= 11 is 0. The van der Waals surface area contributed by atoms with Gasteiger partial charge in [-0.3, -0.25) is 4.90 Å². The molecule has 0 atom stereocenters. The predicted octanol–water partition coefficient (Wildman–Crippen LogP) is 2.38. The summed E-state index contributed by atoms with van der Waals surface area (Å²) in [5, 5.41) is 4.33. The molecule has 2 aliphatic heterocycles. The Bertz CT molecular complexity index is 836. The molecule has 2 aliphatic rings. The molecule has 0 aliphatic carbocycles. The van der Waals surface area contributed by atoms with Crippen molar-refractivity contribution in [2.24, 2.45) is 0 Å². The first-order valence-corrected chi connectivity index (χ1v) is 10.1. The number of hydrogen-bond acceptors (Lipinski definition) is 6. The van der Waals surface area contributed by atoms with Crippen molar-refractivity contribution in [3.8, 4) is 5.75 Å². The highest BCUT2D eigenvalue weighted by Crippen LogP contribution is 2.32. The molecule has 2 aromatic rings. The second-order valence-corrected chi connectivity index (χ2v) is 7.50. The first-order chi connectivity index (χ1) is 13.2. The third kappa shape index (κ3) is 4.12. The van der Waals surface area contributed by atoms with E-state index in [-0.39, 0.29) is 5.63 Å². The van der Waals surface area contributed by atoms with Crippen molar-refractivity contribution in [1.29, 1.82) is 0 Å². The van der Waals surface area contributed by atoms with Gasteiger partial charge in [-0.2, -0.15) is 0 Å². The van der Waals surface area contributed by atoms with E-state index >= 15 is 0 Å². The fourth-order valence-corrected chi connectivity index (χ4v) is 4.12. The van der Waals surface area contributed by atoms with Crippen LogP contribution in [0.25, 0.3) is 11.0 Å². The monoisotopic (exact) mass is 371 g/mol. The molecule has 0 saturated carbocycles. The molecule has 1 N–H and O–H groups in total. The standard InChI is InChI=1S/C21H29N3O3/c1-16-19(26-14-13-23-9-3-2-4-10-23)6-5-17-18(15-20(25)27-21(16)17)24-11-7-22-8-12-24/h5-6,15,22H,2-4,7-14H2,1H3. The van der Waals surface area contributed by atoms with Crippen LogP contribution in [0.4, 0.5) is 5.69 Å². The van der Waals surface area contributed by atoms with E-state index in [9.17, 15) is 4.79 Å². The van der Waals surface area contributed by atoms with E-state index in [0.717, 1.165) is 55.1 Å². The molecule has 0 amide bonds. The van der Waals surface area contributed by atoms with Crippen LogP contribution in [0.15, 0.2) is 27.4 Å². The Hall–Kier alpha value is -2.05. The number of hydrogen-bond donors (Lipinski definition) is 1. The average molecular weight is 371 g/mol. The molecule has 0 spiro atoms. The van der Waals surface area contributed by atoms with E-state index in [2.05, 4.69) is 15.1 Å². The van der Waals surface area contributed by atoms with Crippen molar-refractivity contribution < 1.29 is 9.15 Å². The van der Waals surface area contributed by atoms with Gasteiger partial charge in [0.1, 0.15) is 17.9 Å². The number of piperazine rings is 1. The lowest BCUT2D eigenvalue weighted by Gasteiger charge is -2.30. The van der Waals surface area contributed by atoms with Gasteiger partial charge in [0.25, 0.3) is 0 Å². The number of fused-ring (bicyclic) bond motifs is 1. The van der Waals surface area contributed by atoms with E-state index < -0.39 is 0 Å². The van der Waals surface area contributed by atoms with Gasteiger partial charge < -0.3 is 19.4 Å². The highest BCUT2D eigenvalue weighted by molar-refractivity contribution is 5.93. The molecule has 3 heterocycles. The van der Waals surface area contributed by atoms with Crippen molar-refractivity contribution in [1.82, 2.24) is 10.2 Å². The number of aryl methyl sites for hydroxylation is 1. The highest BCUT2D eigenvalue weighted by atomic mass is 16.5. The van der Waals surface area contributed by atoms with Gasteiger partial charge in [-0.1, -0.05) is 6.42 Å². The summed E-state index contributed by atoms with van der Waals surface area (Å²) in [7, 11) is 0. The summed E-state index contributed by atoms with van der Waals surface area (Å²) in [6, 6.07) is 5.66. The summed E-state index contributed by atoms with van der Waals surface area (Å²) in [5.74, 6) is 0.806. The number of anilines is 1. The summed E-state index contributed by atoms with van der Waals surface area (Å²) in [6.07, 6.45) is 3.92. The van der Waals surface area contributed by atoms with Crippen LogP contribution in [0.1, 0.15) is 24.8 Å². The molecule has 0 radical (unpaired) electrons. The quantitative estimate of drug-likeness (QED) is 0.815. The smallest absolute Gasteiger partial charge is 0.338 e. The van der Waals surface area contributed by atoms with Crippen molar-refractivity contribution in [3.63, 3.8) is 0 Å². The fraction of sp³-hybridized carbons (Fsp3) is 0.571. The van der Waals surface area contributed by atoms with Crippen molar-refractivity contribution >= 4 is 16.7 Å². The van der Waals surface area contributed by atoms with Crippen LogP contribution < -0.4 is 20.6 Å². The predicted molar refractivity (Wildman–Crippen MR) is 108 cm³/mol. The summed E-state index contributed by atoms with van der Waals surface area (Å²) in [6.45, 7) is 9.57. The fourth-order valence-electron chi connectivity index (χ4n) is 4.12. The maximum absolute atomic E-state index is 12.2. The van der Waals surface area contributed by atoms with Crippen molar-refractivity contribution in [3.05, 3.63) is 34.2 Å². The average Bonchev–Trinajstić information content (AvgIpc) is 2.71. The Kier molecular flexibility index (Phi) is 5.64. The van der Waals surface area contributed by atoms with Gasteiger partial charge in [0, 0.05) is 49.7 Å². The zero-order chi connectivity index (χ0) is 18.6. The van der Waals surface area contributed by atoms with Gasteiger partial charge in [0.05, 0.1) is 5.69 Å². The number of likely N-dealkylation sites (tertiary alicyclic amines) is 1. The molecule has 2 saturated heterocycles. The lowest BCUT2D eigenvalue weighted by Crippen LogP contribution is -2.43. The molecule has 2 fully saturated rings. The molecular formula is C21H29N3O3. The molecule has 146 valence electrons. The minimum Gasteiger partial charge on any atom is -0.492 e. The van der Waals surface area contributed by atoms with Crippen molar-refractivity contribution in [2.45, 2.75) is 26.2 Å². The molecule has 27 heavy (non-hydrogen) atoms. The molecule has 4 rings (SSSR count). The topological polar surface area (TPSA) is 58.0 Å². The van der Waals surface area contributed by atoms with Gasteiger partial charge in [-0.15, -0.1) is 0 Å². The third-order valence-corrected chi connectivity index (χ3v) is 5.66. The normalized spacial score (nSPS) is 18.8. The third-order valence-electron chi connectivity index (χ3n) is 5.66. The first kappa shape index (κ1) is 18.3. The number of piperidine rings is 1. The SMILES string of the molecule is Cc1c(OCCN2CCCCC2)ccc2c(N3CCNCC3)cc(=O)oc12. The largest absolute Gasteiger partial charge is 0.492 e. The molecule has 6 nitrogen and oxygen atoms in total. The second-order valence-electron chi connectivity index (χ2n) is 7.50. The van der Waals surface area contributed by atoms with E-state index in [1.807, 2.05) is 19.1 Å². The molecular weight excluding hydrogens is 342 g/mol. The van der Waals surface area contributed by atoms with Crippen LogP contribution in [-0.2, 0) is 0 Å². The second kappa shape index (κ2) is 8.31. The van der Waals surface area contributed by atoms with Gasteiger partial charge in [0.2, 0.25) is 0 Å². The number of rotatable bonds is 5. The summed E-state index contributed by atoms with van der Waals surface area (Å²) < 4.78 is 11.6. The first-order valence-electron chi connectivity index (χ1n) is 10.1. The number of ether oxygens (including phenoxy) is 1. The van der Waals surface area contributed by atoms with Crippen LogP contribution >= 0.6 is 0 Å². The van der Waals surface area contributed by atoms with E-state index in [0.29, 0.717) is 12.2 Å². The minimum atomic E-state index is -0.301. The van der Waals surface area contributed by atoms with Crippen LogP contribution in [-0.4, -0.2) is 57.3 Å². The van der Waals surface area contributed by atoms with Crippen LogP contribution in [0, 0.1) is 6.92 Å². The van der Waals surface area contributed by atoms with Crippen LogP contribution in [0.2, 0.25) is 0 Å². The zero-order valence-electron chi connectivity index (χ0n) is 16.1. The molecule has 1 aromatic carbocycles. The van der Waals surface area contributed by atoms with Crippen LogP contribution in [0.5, 0.6) is 5.75 Å². The Balaban J connectivity index is 1.55. The number of nitrogens with one attached hydrogen (secondary N) is 1. The Morgan fingerprint density at radius 1 is 1.11 bits per heavy atom. The maximum Gasteiger partial charge on any atom is 0.338 e. The lowest BCUT2D eigenvalue weighted by atomic mass is 10.1. The lowest BCUT2D eigenvalue weighted by molar-refractivity contribution is 0.183. The molecule has 0 bridgehead atoms. The van der Waals surface area contributed by atoms with Gasteiger partial charge >= 0.3 is 5.63 Å². The Labute approximate surface area is 160 Å². The molecule has 1 aromatic heterocycles. The zero-order valence-corrected chi connectivity index (χ0v) is 16.1. The van der Waals surface area contributed by atoms with Gasteiger partial charge in [0.15, 0.2) is 0 Å². The number of nitrogens with zero attached hydrogens (tertiary/aromatic N) is 2. The van der Waals surface area contributed by atoms with Gasteiger partial charge in [-0.05, 0) is 45.0 Å². The summed E-state index contributed by atoms with van der Waals surface area (Å²) in [5.41, 5.74) is 2.21.